The number of aromatic nitrogens is 2. The molecule has 60 valence electrons. The molecule has 1 rings (SSSR count). The lowest BCUT2D eigenvalue weighted by Crippen LogP contribution is -2.31. The van der Waals surface area contributed by atoms with E-state index >= 15 is 0 Å². The van der Waals surface area contributed by atoms with Crippen molar-refractivity contribution in [3.8, 4) is 5.88 Å². The van der Waals surface area contributed by atoms with E-state index in [0.717, 1.165) is 0 Å². The highest BCUT2D eigenvalue weighted by Gasteiger charge is 2.10. The molecule has 0 amide bonds. The first-order valence-electron chi connectivity index (χ1n) is 2.95. The molecule has 5 heteroatoms. The van der Waals surface area contributed by atoms with E-state index in [-0.39, 0.29) is 5.88 Å². The Balaban J connectivity index is 3.24. The van der Waals surface area contributed by atoms with Gasteiger partial charge < -0.3 is 9.94 Å². The van der Waals surface area contributed by atoms with E-state index in [0.29, 0.717) is 15.4 Å². The van der Waals surface area contributed by atoms with Gasteiger partial charge in [-0.2, -0.15) is 0 Å². The lowest BCUT2D eigenvalue weighted by molar-refractivity contribution is -0.670. The summed E-state index contributed by atoms with van der Waals surface area (Å²) in [6, 6.07) is 0. The molecular weight excluding hydrogens is 168 g/mol. The number of halogens is 1. The van der Waals surface area contributed by atoms with Crippen molar-refractivity contribution in [3.63, 3.8) is 0 Å². The summed E-state index contributed by atoms with van der Waals surface area (Å²) < 4.78 is 4.74. The maximum atomic E-state index is 10.7. The summed E-state index contributed by atoms with van der Waals surface area (Å²) in [5.74, 6) is 0.154. The van der Waals surface area contributed by atoms with E-state index in [9.17, 15) is 5.21 Å². The summed E-state index contributed by atoms with van der Waals surface area (Å²) in [5.41, 5.74) is 0.647. The average molecular weight is 175 g/mol. The van der Waals surface area contributed by atoms with Crippen molar-refractivity contribution < 1.29 is 9.58 Å². The van der Waals surface area contributed by atoms with Gasteiger partial charge in [0.2, 0.25) is 6.20 Å². The second kappa shape index (κ2) is 2.92. The Kier molecular flexibility index (Phi) is 2.14. The molecule has 1 heterocycles. The van der Waals surface area contributed by atoms with Crippen LogP contribution in [-0.4, -0.2) is 12.2 Å². The van der Waals surface area contributed by atoms with Gasteiger partial charge in [-0.15, -0.1) is 0 Å². The SMILES string of the molecule is COc1n[n+]([O-])cc(C)c1Cl. The van der Waals surface area contributed by atoms with Gasteiger partial charge in [-0.25, -0.2) is 0 Å². The molecule has 0 aliphatic rings. The maximum Gasteiger partial charge on any atom is 0.299 e. The van der Waals surface area contributed by atoms with Gasteiger partial charge in [0.05, 0.1) is 12.2 Å². The molecule has 4 nitrogen and oxygen atoms in total. The van der Waals surface area contributed by atoms with Crippen molar-refractivity contribution in [1.82, 2.24) is 5.10 Å². The van der Waals surface area contributed by atoms with Crippen molar-refractivity contribution in [2.45, 2.75) is 6.92 Å². The number of ether oxygens (including phenoxy) is 1. The average Bonchev–Trinajstić information content (AvgIpc) is 1.96. The predicted octanol–water partition coefficient (Wildman–Crippen LogP) is 0.685. The largest absolute Gasteiger partial charge is 0.594 e. The number of hydrogen-bond acceptors (Lipinski definition) is 3. The second-order valence-electron chi connectivity index (χ2n) is 2.04. The molecule has 11 heavy (non-hydrogen) atoms. The van der Waals surface area contributed by atoms with Crippen LogP contribution in [0.15, 0.2) is 6.20 Å². The Morgan fingerprint density at radius 2 is 2.36 bits per heavy atom. The summed E-state index contributed by atoms with van der Waals surface area (Å²) in [6.07, 6.45) is 1.28. The van der Waals surface area contributed by atoms with E-state index in [4.69, 9.17) is 16.3 Å². The molecule has 0 radical (unpaired) electrons. The monoisotopic (exact) mass is 174 g/mol. The Labute approximate surface area is 68.9 Å². The van der Waals surface area contributed by atoms with Crippen LogP contribution in [0.2, 0.25) is 5.02 Å². The molecule has 0 saturated heterocycles. The van der Waals surface area contributed by atoms with Gasteiger partial charge >= 0.3 is 0 Å². The first-order valence-corrected chi connectivity index (χ1v) is 3.33. The standard InChI is InChI=1S/C6H7ClN2O2/c1-4-3-9(10)8-6(11-2)5(4)7/h3H,1-2H3. The quantitative estimate of drug-likeness (QED) is 0.465. The maximum absolute atomic E-state index is 10.7. The molecule has 1 aromatic heterocycles. The second-order valence-corrected chi connectivity index (χ2v) is 2.42. The highest BCUT2D eigenvalue weighted by Crippen LogP contribution is 2.22. The zero-order chi connectivity index (χ0) is 8.43. The topological polar surface area (TPSA) is 49.1 Å². The zero-order valence-electron chi connectivity index (χ0n) is 6.17. The smallest absolute Gasteiger partial charge is 0.299 e. The minimum absolute atomic E-state index is 0.154. The molecule has 0 aliphatic carbocycles. The van der Waals surface area contributed by atoms with E-state index in [1.807, 2.05) is 0 Å². The molecule has 0 aromatic carbocycles. The highest BCUT2D eigenvalue weighted by atomic mass is 35.5. The predicted molar refractivity (Wildman–Crippen MR) is 39.5 cm³/mol. The zero-order valence-corrected chi connectivity index (χ0v) is 6.92. The first kappa shape index (κ1) is 8.07. The first-order chi connectivity index (χ1) is 5.15. The van der Waals surface area contributed by atoms with Crippen molar-refractivity contribution in [2.75, 3.05) is 7.11 Å². The fourth-order valence-electron chi connectivity index (χ4n) is 0.684. The third-order valence-electron chi connectivity index (χ3n) is 1.22. The molecule has 0 bridgehead atoms. The van der Waals surface area contributed by atoms with Crippen LogP contribution in [0, 0.1) is 12.1 Å². The van der Waals surface area contributed by atoms with Crippen molar-refractivity contribution >= 4 is 11.6 Å². The Morgan fingerprint density at radius 1 is 1.73 bits per heavy atom. The molecule has 0 atom stereocenters. The fraction of sp³-hybridized carbons (Fsp3) is 0.333. The fourth-order valence-corrected chi connectivity index (χ4v) is 0.847. The molecule has 0 aliphatic heterocycles. The van der Waals surface area contributed by atoms with Gasteiger partial charge in [-0.05, 0) is 6.92 Å². The lowest BCUT2D eigenvalue weighted by Gasteiger charge is -2.01. The van der Waals surface area contributed by atoms with E-state index in [1.165, 1.54) is 13.3 Å². The summed E-state index contributed by atoms with van der Waals surface area (Å²) in [4.78, 5) is 0.417. The molecule has 0 saturated carbocycles. The molecule has 0 fully saturated rings. The molecular formula is C6H7ClN2O2. The number of methoxy groups -OCH3 is 1. The van der Waals surface area contributed by atoms with Crippen LogP contribution >= 0.6 is 11.6 Å². The van der Waals surface area contributed by atoms with Gasteiger partial charge in [-0.3, -0.25) is 0 Å². The lowest BCUT2D eigenvalue weighted by atomic mass is 10.3. The summed E-state index contributed by atoms with van der Waals surface area (Å²) in [7, 11) is 1.41. The van der Waals surface area contributed by atoms with Crippen molar-refractivity contribution in [1.29, 1.82) is 0 Å². The van der Waals surface area contributed by atoms with Crippen LogP contribution in [0.1, 0.15) is 5.56 Å². The van der Waals surface area contributed by atoms with E-state index in [2.05, 4.69) is 5.10 Å². The number of nitrogens with zero attached hydrogens (tertiary/aromatic N) is 2. The normalized spacial score (nSPS) is 9.73. The van der Waals surface area contributed by atoms with Crippen LogP contribution in [0.4, 0.5) is 0 Å². The summed E-state index contributed by atoms with van der Waals surface area (Å²) in [5, 5.41) is 14.5. The van der Waals surface area contributed by atoms with Crippen LogP contribution in [0.25, 0.3) is 0 Å². The van der Waals surface area contributed by atoms with Crippen LogP contribution < -0.4 is 9.58 Å². The minimum atomic E-state index is 0.154. The van der Waals surface area contributed by atoms with Gasteiger partial charge in [0.1, 0.15) is 5.02 Å². The Morgan fingerprint density at radius 3 is 2.91 bits per heavy atom. The van der Waals surface area contributed by atoms with Gasteiger partial charge in [0, 0.05) is 5.56 Å². The Bertz CT molecular complexity index is 278. The van der Waals surface area contributed by atoms with Crippen LogP contribution in [0.5, 0.6) is 5.88 Å². The van der Waals surface area contributed by atoms with Gasteiger partial charge in [-0.1, -0.05) is 16.4 Å². The van der Waals surface area contributed by atoms with Gasteiger partial charge in [0.15, 0.2) is 0 Å². The van der Waals surface area contributed by atoms with Crippen molar-refractivity contribution in [3.05, 3.63) is 22.0 Å². The van der Waals surface area contributed by atoms with Gasteiger partial charge in [0.25, 0.3) is 5.88 Å². The minimum Gasteiger partial charge on any atom is -0.594 e. The van der Waals surface area contributed by atoms with Crippen LogP contribution in [0.3, 0.4) is 0 Å². The third-order valence-corrected chi connectivity index (χ3v) is 1.68. The summed E-state index contributed by atoms with van der Waals surface area (Å²) >= 11 is 5.73. The number of aryl methyl sites for hydroxylation is 1. The Hall–Kier alpha value is -1.03. The highest BCUT2D eigenvalue weighted by molar-refractivity contribution is 6.32. The molecule has 1 aromatic rings. The molecule has 0 unspecified atom stereocenters. The van der Waals surface area contributed by atoms with Crippen molar-refractivity contribution in [2.24, 2.45) is 0 Å². The molecule has 0 spiro atoms. The van der Waals surface area contributed by atoms with E-state index < -0.39 is 0 Å². The van der Waals surface area contributed by atoms with E-state index in [1.54, 1.807) is 6.92 Å². The van der Waals surface area contributed by atoms with Crippen LogP contribution in [-0.2, 0) is 0 Å². The third kappa shape index (κ3) is 1.51. The molecule has 0 N–H and O–H groups in total. The number of hydrogen-bond donors (Lipinski definition) is 0. The number of rotatable bonds is 1. The summed E-state index contributed by atoms with van der Waals surface area (Å²) in [6.45, 7) is 1.71.